The number of furan rings is 1. The quantitative estimate of drug-likeness (QED) is 0.345. The van der Waals surface area contributed by atoms with Crippen molar-refractivity contribution in [3.05, 3.63) is 109 Å². The number of sulfone groups is 1. The molecule has 0 radical (unpaired) electrons. The molecule has 0 fully saturated rings. The lowest BCUT2D eigenvalue weighted by Crippen LogP contribution is -2.30. The summed E-state index contributed by atoms with van der Waals surface area (Å²) in [5, 5.41) is 2.79. The van der Waals surface area contributed by atoms with Crippen molar-refractivity contribution >= 4 is 27.4 Å². The molecule has 1 atom stereocenters. The van der Waals surface area contributed by atoms with Gasteiger partial charge in [0.15, 0.2) is 15.9 Å². The predicted octanol–water partition coefficient (Wildman–Crippen LogP) is 5.10. The summed E-state index contributed by atoms with van der Waals surface area (Å²) in [5.74, 6) is -2.16. The molecule has 178 valence electrons. The number of para-hydroxylation sites is 1. The molecule has 1 N–H and O–H groups in total. The molecule has 4 aromatic rings. The number of hydrogen-bond acceptors (Lipinski definition) is 6. The molecule has 0 aliphatic rings. The predicted molar refractivity (Wildman–Crippen MR) is 131 cm³/mol. The molecule has 35 heavy (non-hydrogen) atoms. The second-order valence-electron chi connectivity index (χ2n) is 7.80. The van der Waals surface area contributed by atoms with E-state index in [0.717, 1.165) is 11.1 Å². The van der Waals surface area contributed by atoms with Crippen LogP contribution in [0.2, 0.25) is 0 Å². The molecule has 1 unspecified atom stereocenters. The van der Waals surface area contributed by atoms with Crippen LogP contribution in [0.1, 0.15) is 23.0 Å². The fourth-order valence-corrected chi connectivity index (χ4v) is 4.88. The van der Waals surface area contributed by atoms with Crippen LogP contribution in [0.3, 0.4) is 0 Å². The van der Waals surface area contributed by atoms with Crippen LogP contribution in [-0.4, -0.2) is 26.4 Å². The molecule has 0 saturated carbocycles. The van der Waals surface area contributed by atoms with Crippen LogP contribution in [0.4, 0.5) is 5.69 Å². The van der Waals surface area contributed by atoms with Crippen LogP contribution in [-0.2, 0) is 25.1 Å². The molecule has 0 spiro atoms. The van der Waals surface area contributed by atoms with Gasteiger partial charge in [-0.15, -0.1) is 0 Å². The van der Waals surface area contributed by atoms with E-state index in [4.69, 9.17) is 9.15 Å². The van der Waals surface area contributed by atoms with E-state index in [1.807, 2.05) is 42.5 Å². The molecule has 1 amide bonds. The number of hydrogen-bond donors (Lipinski definition) is 1. The molecule has 0 saturated heterocycles. The zero-order valence-electron chi connectivity index (χ0n) is 18.9. The maximum Gasteiger partial charge on any atom is 0.375 e. The summed E-state index contributed by atoms with van der Waals surface area (Å²) in [5.41, 5.74) is 2.47. The Bertz CT molecular complexity index is 1430. The standard InChI is InChI=1S/C27H23NO6S/c1-19(26(29)28-24-15-9-8-14-23(24)20-10-4-2-5-11-20)34-27(30)25-21(16-17-33-25)18-35(31,32)22-12-6-3-7-13-22/h2-17,19H,18H2,1H3,(H,28,29). The second kappa shape index (κ2) is 10.4. The fourth-order valence-electron chi connectivity index (χ4n) is 3.51. The number of amides is 1. The Balaban J connectivity index is 1.45. The summed E-state index contributed by atoms with van der Waals surface area (Å²) in [6.45, 7) is 1.43. The molecule has 0 aliphatic carbocycles. The SMILES string of the molecule is CC(OC(=O)c1occc1CS(=O)(=O)c1ccccc1)C(=O)Nc1ccccc1-c1ccccc1. The van der Waals surface area contributed by atoms with Crippen molar-refractivity contribution in [2.24, 2.45) is 0 Å². The van der Waals surface area contributed by atoms with Crippen molar-refractivity contribution in [1.29, 1.82) is 0 Å². The molecule has 1 heterocycles. The highest BCUT2D eigenvalue weighted by Gasteiger charge is 2.26. The van der Waals surface area contributed by atoms with Gasteiger partial charge in [-0.05, 0) is 36.8 Å². The number of ether oxygens (including phenoxy) is 1. The van der Waals surface area contributed by atoms with Gasteiger partial charge in [0.1, 0.15) is 0 Å². The highest BCUT2D eigenvalue weighted by Crippen LogP contribution is 2.28. The van der Waals surface area contributed by atoms with Crippen LogP contribution < -0.4 is 5.32 Å². The molecule has 7 nitrogen and oxygen atoms in total. The Kier molecular flexibility index (Phi) is 7.12. The first kappa shape index (κ1) is 24.0. The first-order valence-corrected chi connectivity index (χ1v) is 12.5. The van der Waals surface area contributed by atoms with E-state index in [1.165, 1.54) is 31.4 Å². The minimum Gasteiger partial charge on any atom is -0.457 e. The number of nitrogens with one attached hydrogen (secondary N) is 1. The maximum absolute atomic E-state index is 12.8. The zero-order chi connectivity index (χ0) is 24.8. The summed E-state index contributed by atoms with van der Waals surface area (Å²) in [6, 6.07) is 26.2. The molecular formula is C27H23NO6S. The summed E-state index contributed by atoms with van der Waals surface area (Å²) >= 11 is 0. The summed E-state index contributed by atoms with van der Waals surface area (Å²) < 4.78 is 35.9. The Morgan fingerprint density at radius 3 is 2.23 bits per heavy atom. The third-order valence-electron chi connectivity index (χ3n) is 5.30. The third kappa shape index (κ3) is 5.67. The fraction of sp³-hybridized carbons (Fsp3) is 0.111. The normalized spacial score (nSPS) is 12.0. The van der Waals surface area contributed by atoms with Crippen molar-refractivity contribution < 1.29 is 27.2 Å². The van der Waals surface area contributed by atoms with Crippen LogP contribution in [0, 0.1) is 0 Å². The lowest BCUT2D eigenvalue weighted by molar-refractivity contribution is -0.123. The van der Waals surface area contributed by atoms with Gasteiger partial charge in [-0.2, -0.15) is 0 Å². The van der Waals surface area contributed by atoms with Crippen molar-refractivity contribution in [2.75, 3.05) is 5.32 Å². The van der Waals surface area contributed by atoms with E-state index in [9.17, 15) is 18.0 Å². The average molecular weight is 490 g/mol. The second-order valence-corrected chi connectivity index (χ2v) is 9.79. The summed E-state index contributed by atoms with van der Waals surface area (Å²) in [7, 11) is -3.70. The van der Waals surface area contributed by atoms with Gasteiger partial charge in [-0.1, -0.05) is 66.7 Å². The maximum atomic E-state index is 12.8. The summed E-state index contributed by atoms with van der Waals surface area (Å²) in [4.78, 5) is 25.6. The van der Waals surface area contributed by atoms with Crippen LogP contribution in [0.25, 0.3) is 11.1 Å². The van der Waals surface area contributed by atoms with Gasteiger partial charge in [0.05, 0.1) is 16.9 Å². The highest BCUT2D eigenvalue weighted by atomic mass is 32.2. The van der Waals surface area contributed by atoms with Crippen molar-refractivity contribution in [1.82, 2.24) is 0 Å². The third-order valence-corrected chi connectivity index (χ3v) is 6.98. The summed E-state index contributed by atoms with van der Waals surface area (Å²) in [6.07, 6.45) is 0.0582. The smallest absolute Gasteiger partial charge is 0.375 e. The van der Waals surface area contributed by atoms with Crippen molar-refractivity contribution in [2.45, 2.75) is 23.7 Å². The van der Waals surface area contributed by atoms with Crippen molar-refractivity contribution in [3.8, 4) is 11.1 Å². The van der Waals surface area contributed by atoms with Crippen LogP contribution in [0.5, 0.6) is 0 Å². The minimum atomic E-state index is -3.70. The van der Waals surface area contributed by atoms with Crippen molar-refractivity contribution in [3.63, 3.8) is 0 Å². The molecule has 1 aromatic heterocycles. The van der Waals surface area contributed by atoms with Crippen LogP contribution >= 0.6 is 0 Å². The molecule has 8 heteroatoms. The van der Waals surface area contributed by atoms with Gasteiger partial charge in [0, 0.05) is 16.8 Å². The largest absolute Gasteiger partial charge is 0.457 e. The van der Waals surface area contributed by atoms with Gasteiger partial charge in [-0.25, -0.2) is 13.2 Å². The first-order valence-electron chi connectivity index (χ1n) is 10.9. The van der Waals surface area contributed by atoms with Gasteiger partial charge in [-0.3, -0.25) is 4.79 Å². The average Bonchev–Trinajstić information content (AvgIpc) is 3.33. The lowest BCUT2D eigenvalue weighted by atomic mass is 10.0. The molecule has 4 rings (SSSR count). The van der Waals surface area contributed by atoms with E-state index in [-0.39, 0.29) is 16.2 Å². The number of esters is 1. The van der Waals surface area contributed by atoms with Gasteiger partial charge >= 0.3 is 5.97 Å². The zero-order valence-corrected chi connectivity index (χ0v) is 19.7. The number of benzene rings is 3. The van der Waals surface area contributed by atoms with E-state index < -0.39 is 33.6 Å². The molecular weight excluding hydrogens is 466 g/mol. The minimum absolute atomic E-state index is 0.130. The number of carbonyl (C=O) groups excluding carboxylic acids is 2. The monoisotopic (exact) mass is 489 g/mol. The van der Waals surface area contributed by atoms with E-state index in [2.05, 4.69) is 5.32 Å². The van der Waals surface area contributed by atoms with E-state index >= 15 is 0 Å². The topological polar surface area (TPSA) is 103 Å². The van der Waals surface area contributed by atoms with Gasteiger partial charge in [0.25, 0.3) is 5.91 Å². The molecule has 3 aromatic carbocycles. The number of carbonyl (C=O) groups is 2. The molecule has 0 bridgehead atoms. The van der Waals surface area contributed by atoms with Crippen LogP contribution in [0.15, 0.2) is 107 Å². The van der Waals surface area contributed by atoms with Gasteiger partial charge < -0.3 is 14.5 Å². The lowest BCUT2D eigenvalue weighted by Gasteiger charge is -2.15. The Hall–Kier alpha value is -4.17. The number of anilines is 1. The van der Waals surface area contributed by atoms with Gasteiger partial charge in [0.2, 0.25) is 5.76 Å². The Labute approximate surface area is 203 Å². The van der Waals surface area contributed by atoms with E-state index in [1.54, 1.807) is 30.3 Å². The molecule has 0 aliphatic heterocycles. The highest BCUT2D eigenvalue weighted by molar-refractivity contribution is 7.90. The van der Waals surface area contributed by atoms with E-state index in [0.29, 0.717) is 5.69 Å². The Morgan fingerprint density at radius 1 is 0.886 bits per heavy atom. The number of rotatable bonds is 8. The Morgan fingerprint density at radius 2 is 1.51 bits per heavy atom. The first-order chi connectivity index (χ1) is 16.8.